The Kier molecular flexibility index (Phi) is 2.76. The molecule has 1 unspecified atom stereocenters. The molecule has 3 N–H and O–H groups in total. The zero-order valence-corrected chi connectivity index (χ0v) is 9.79. The van der Waals surface area contributed by atoms with Crippen molar-refractivity contribution in [3.05, 3.63) is 35.8 Å². The maximum Gasteiger partial charge on any atom is 0.222 e. The van der Waals surface area contributed by atoms with Gasteiger partial charge in [0.25, 0.3) is 0 Å². The molecule has 0 saturated carbocycles. The highest BCUT2D eigenvalue weighted by Crippen LogP contribution is 2.23. The number of aromatic amines is 1. The van der Waals surface area contributed by atoms with E-state index in [1.165, 1.54) is 12.1 Å². The van der Waals surface area contributed by atoms with E-state index in [4.69, 9.17) is 0 Å². The lowest BCUT2D eigenvalue weighted by Gasteiger charge is -2.12. The molecule has 1 aromatic carbocycles. The Balaban J connectivity index is 1.95. The monoisotopic (exact) mass is 247 g/mol. The van der Waals surface area contributed by atoms with Crippen molar-refractivity contribution in [2.24, 2.45) is 0 Å². The van der Waals surface area contributed by atoms with E-state index in [0.29, 0.717) is 13.0 Å². The molecule has 1 aliphatic heterocycles. The second-order valence-electron chi connectivity index (χ2n) is 4.52. The maximum absolute atomic E-state index is 13.1. The molecule has 0 spiro atoms. The summed E-state index contributed by atoms with van der Waals surface area (Å²) in [7, 11) is 0. The first kappa shape index (κ1) is 11.2. The van der Waals surface area contributed by atoms with Gasteiger partial charge < -0.3 is 15.6 Å². The number of amides is 1. The summed E-state index contributed by atoms with van der Waals surface area (Å²) in [6.07, 6.45) is 0.398. The topological polar surface area (TPSA) is 56.9 Å². The molecule has 0 aliphatic carbocycles. The van der Waals surface area contributed by atoms with Crippen molar-refractivity contribution in [2.45, 2.75) is 12.5 Å². The van der Waals surface area contributed by atoms with Gasteiger partial charge in [-0.05, 0) is 29.7 Å². The lowest BCUT2D eigenvalue weighted by molar-refractivity contribution is -0.121. The number of carbonyl (C=O) groups excluding carboxylic acids is 1. The number of nitrogens with one attached hydrogen (secondary N) is 3. The molecule has 0 bridgehead atoms. The van der Waals surface area contributed by atoms with E-state index in [1.807, 2.05) is 6.07 Å². The molecule has 18 heavy (non-hydrogen) atoms. The van der Waals surface area contributed by atoms with Gasteiger partial charge in [-0.15, -0.1) is 0 Å². The van der Waals surface area contributed by atoms with Crippen molar-refractivity contribution in [1.29, 1.82) is 0 Å². The van der Waals surface area contributed by atoms with Gasteiger partial charge in [0, 0.05) is 30.7 Å². The molecule has 1 aromatic heterocycles. The second-order valence-corrected chi connectivity index (χ2v) is 4.52. The van der Waals surface area contributed by atoms with Crippen molar-refractivity contribution < 1.29 is 9.18 Å². The predicted molar refractivity (Wildman–Crippen MR) is 66.6 cm³/mol. The smallest absolute Gasteiger partial charge is 0.222 e. The summed E-state index contributed by atoms with van der Waals surface area (Å²) in [5.74, 6) is -0.225. The summed E-state index contributed by atoms with van der Waals surface area (Å²) >= 11 is 0. The van der Waals surface area contributed by atoms with E-state index in [2.05, 4.69) is 15.6 Å². The van der Waals surface area contributed by atoms with Gasteiger partial charge in [0.1, 0.15) is 5.82 Å². The number of H-pyrrole nitrogens is 1. The Morgan fingerprint density at radius 1 is 1.22 bits per heavy atom. The van der Waals surface area contributed by atoms with Crippen LogP contribution in [0.3, 0.4) is 0 Å². The molecule has 4 nitrogen and oxygen atoms in total. The van der Waals surface area contributed by atoms with Crippen LogP contribution in [0.25, 0.3) is 10.9 Å². The highest BCUT2D eigenvalue weighted by Gasteiger charge is 2.20. The Morgan fingerprint density at radius 2 is 2.11 bits per heavy atom. The highest BCUT2D eigenvalue weighted by atomic mass is 19.1. The Hall–Kier alpha value is -1.88. The van der Waals surface area contributed by atoms with E-state index in [-0.39, 0.29) is 17.8 Å². The van der Waals surface area contributed by atoms with Gasteiger partial charge in [-0.2, -0.15) is 0 Å². The largest absolute Gasteiger partial charge is 0.357 e. The van der Waals surface area contributed by atoms with E-state index < -0.39 is 0 Å². The molecule has 1 fully saturated rings. The third kappa shape index (κ3) is 2.09. The van der Waals surface area contributed by atoms with Crippen molar-refractivity contribution in [2.75, 3.05) is 13.1 Å². The van der Waals surface area contributed by atoms with Crippen molar-refractivity contribution in [3.63, 3.8) is 0 Å². The lowest BCUT2D eigenvalue weighted by atomic mass is 10.1. The molecule has 1 saturated heterocycles. The van der Waals surface area contributed by atoms with Gasteiger partial charge in [-0.3, -0.25) is 4.79 Å². The molecule has 1 amide bonds. The number of fused-ring (bicyclic) bond motifs is 1. The van der Waals surface area contributed by atoms with Crippen LogP contribution in [-0.2, 0) is 4.79 Å². The zero-order valence-electron chi connectivity index (χ0n) is 9.79. The fourth-order valence-corrected chi connectivity index (χ4v) is 2.31. The van der Waals surface area contributed by atoms with Gasteiger partial charge >= 0.3 is 0 Å². The number of benzene rings is 1. The molecule has 1 aliphatic rings. The second kappa shape index (κ2) is 4.42. The van der Waals surface area contributed by atoms with Crippen LogP contribution in [0.2, 0.25) is 0 Å². The van der Waals surface area contributed by atoms with Gasteiger partial charge in [0.05, 0.1) is 6.04 Å². The average Bonchev–Trinajstić information content (AvgIpc) is 2.63. The first-order chi connectivity index (χ1) is 8.72. The molecular formula is C13H14FN3O. The lowest BCUT2D eigenvalue weighted by Crippen LogP contribution is -2.24. The van der Waals surface area contributed by atoms with Crippen molar-refractivity contribution in [3.8, 4) is 0 Å². The summed E-state index contributed by atoms with van der Waals surface area (Å²) in [6, 6.07) is 6.57. The Morgan fingerprint density at radius 3 is 3.00 bits per heavy atom. The molecule has 94 valence electrons. The van der Waals surface area contributed by atoms with Crippen molar-refractivity contribution >= 4 is 16.8 Å². The Bertz CT molecular complexity index is 593. The number of rotatable bonds is 1. The number of aromatic nitrogens is 1. The van der Waals surface area contributed by atoms with Gasteiger partial charge in [0.2, 0.25) is 5.91 Å². The fraction of sp³-hybridized carbons (Fsp3) is 0.308. The maximum atomic E-state index is 13.1. The highest BCUT2D eigenvalue weighted by molar-refractivity contribution is 5.81. The van der Waals surface area contributed by atoms with Crippen LogP contribution < -0.4 is 10.6 Å². The fourth-order valence-electron chi connectivity index (χ4n) is 2.31. The summed E-state index contributed by atoms with van der Waals surface area (Å²) in [5.41, 5.74) is 1.68. The number of halogens is 1. The third-order valence-electron chi connectivity index (χ3n) is 3.21. The van der Waals surface area contributed by atoms with Crippen LogP contribution in [0.1, 0.15) is 18.2 Å². The molecule has 0 radical (unpaired) electrons. The molecule has 1 atom stereocenters. The molecule has 5 heteroatoms. The Labute approximate surface area is 104 Å². The SMILES string of the molecule is O=C1CC(c2cc3ccc(F)cc3[nH]2)NCCN1. The van der Waals surface area contributed by atoms with Gasteiger partial charge in [0.15, 0.2) is 0 Å². The summed E-state index contributed by atoms with van der Waals surface area (Å²) < 4.78 is 13.1. The summed E-state index contributed by atoms with van der Waals surface area (Å²) in [4.78, 5) is 14.7. The van der Waals surface area contributed by atoms with E-state index in [1.54, 1.807) is 6.07 Å². The van der Waals surface area contributed by atoms with Crippen LogP contribution in [0, 0.1) is 5.82 Å². The van der Waals surface area contributed by atoms with Crippen LogP contribution in [0.5, 0.6) is 0 Å². The first-order valence-corrected chi connectivity index (χ1v) is 6.00. The number of hydrogen-bond acceptors (Lipinski definition) is 2. The third-order valence-corrected chi connectivity index (χ3v) is 3.21. The standard InChI is InChI=1S/C13H14FN3O/c14-9-2-1-8-5-12(17-10(8)6-9)11-7-13(18)16-4-3-15-11/h1-2,5-6,11,15,17H,3-4,7H2,(H,16,18). The minimum atomic E-state index is -0.262. The van der Waals surface area contributed by atoms with Crippen LogP contribution >= 0.6 is 0 Å². The minimum Gasteiger partial charge on any atom is -0.357 e. The average molecular weight is 247 g/mol. The first-order valence-electron chi connectivity index (χ1n) is 6.00. The minimum absolute atomic E-state index is 0.0369. The summed E-state index contributed by atoms with van der Waals surface area (Å²) in [6.45, 7) is 1.38. The van der Waals surface area contributed by atoms with Crippen LogP contribution in [-0.4, -0.2) is 24.0 Å². The van der Waals surface area contributed by atoms with E-state index in [9.17, 15) is 9.18 Å². The van der Waals surface area contributed by atoms with Gasteiger partial charge in [-0.25, -0.2) is 4.39 Å². The van der Waals surface area contributed by atoms with Crippen LogP contribution in [0.15, 0.2) is 24.3 Å². The molecule has 2 aromatic rings. The summed E-state index contributed by atoms with van der Waals surface area (Å²) in [5, 5.41) is 7.06. The molecule has 3 rings (SSSR count). The van der Waals surface area contributed by atoms with Crippen molar-refractivity contribution in [1.82, 2.24) is 15.6 Å². The quantitative estimate of drug-likeness (QED) is 0.714. The van der Waals surface area contributed by atoms with E-state index in [0.717, 1.165) is 23.1 Å². The zero-order chi connectivity index (χ0) is 12.5. The molecule has 2 heterocycles. The normalized spacial score (nSPS) is 20.7. The number of carbonyl (C=O) groups is 1. The van der Waals surface area contributed by atoms with E-state index >= 15 is 0 Å². The van der Waals surface area contributed by atoms with Crippen LogP contribution in [0.4, 0.5) is 4.39 Å². The van der Waals surface area contributed by atoms with Gasteiger partial charge in [-0.1, -0.05) is 0 Å². The molecular weight excluding hydrogens is 233 g/mol. The number of hydrogen-bond donors (Lipinski definition) is 3. The predicted octanol–water partition coefficient (Wildman–Crippen LogP) is 1.46.